The van der Waals surface area contributed by atoms with Crippen molar-refractivity contribution >= 4 is 23.2 Å². The van der Waals surface area contributed by atoms with Crippen LogP contribution in [0.2, 0.25) is 0 Å². The Balaban J connectivity index is 1.44. The van der Waals surface area contributed by atoms with E-state index in [1.54, 1.807) is 31.5 Å². The summed E-state index contributed by atoms with van der Waals surface area (Å²) in [7, 11) is 1.59. The Labute approximate surface area is 181 Å². The van der Waals surface area contributed by atoms with Crippen molar-refractivity contribution < 1.29 is 9.53 Å². The molecule has 6 nitrogen and oxygen atoms in total. The number of methoxy groups -OCH3 is 1. The Morgan fingerprint density at radius 3 is 2.42 bits per heavy atom. The van der Waals surface area contributed by atoms with Crippen molar-refractivity contribution in [2.24, 2.45) is 0 Å². The molecule has 0 unspecified atom stereocenters. The van der Waals surface area contributed by atoms with Crippen LogP contribution in [0.4, 0.5) is 17.3 Å². The first-order chi connectivity index (χ1) is 15.1. The molecular formula is C25H22N4O2. The molecule has 0 aliphatic carbocycles. The minimum absolute atomic E-state index is 0.197. The minimum Gasteiger partial charge on any atom is -0.497 e. The van der Waals surface area contributed by atoms with Crippen LogP contribution in [0.1, 0.15) is 15.9 Å². The molecule has 0 fully saturated rings. The van der Waals surface area contributed by atoms with Gasteiger partial charge in [-0.2, -0.15) is 0 Å². The number of nitrogens with zero attached hydrogens (tertiary/aromatic N) is 2. The van der Waals surface area contributed by atoms with Gasteiger partial charge < -0.3 is 15.4 Å². The maximum Gasteiger partial charge on any atom is 0.255 e. The predicted molar refractivity (Wildman–Crippen MR) is 123 cm³/mol. The van der Waals surface area contributed by atoms with Gasteiger partial charge in [-0.3, -0.25) is 4.79 Å². The van der Waals surface area contributed by atoms with E-state index in [-0.39, 0.29) is 5.91 Å². The summed E-state index contributed by atoms with van der Waals surface area (Å²) in [6.45, 7) is 2.05. The Hall–Kier alpha value is -4.19. The van der Waals surface area contributed by atoms with Crippen LogP contribution < -0.4 is 15.4 Å². The first-order valence-electron chi connectivity index (χ1n) is 9.83. The fourth-order valence-corrected chi connectivity index (χ4v) is 3.04. The number of carbonyl (C=O) groups excluding carboxylic acids is 1. The molecule has 0 saturated carbocycles. The van der Waals surface area contributed by atoms with Crippen molar-refractivity contribution in [1.82, 2.24) is 9.97 Å². The quantitative estimate of drug-likeness (QED) is 0.442. The SMILES string of the molecule is COc1cccc(NC(=O)c2ccc(Nc3nccc(-c4ccc(C)cc4)n3)cc2)c1. The summed E-state index contributed by atoms with van der Waals surface area (Å²) in [6, 6.07) is 24.4. The number of hydrogen-bond donors (Lipinski definition) is 2. The zero-order valence-electron chi connectivity index (χ0n) is 17.3. The summed E-state index contributed by atoms with van der Waals surface area (Å²) >= 11 is 0. The van der Waals surface area contributed by atoms with Crippen LogP contribution in [0.15, 0.2) is 85.1 Å². The van der Waals surface area contributed by atoms with Gasteiger partial charge in [-0.25, -0.2) is 9.97 Å². The molecule has 31 heavy (non-hydrogen) atoms. The number of aromatic nitrogens is 2. The van der Waals surface area contributed by atoms with Gasteiger partial charge in [0, 0.05) is 34.8 Å². The van der Waals surface area contributed by atoms with Crippen LogP contribution in [0.25, 0.3) is 11.3 Å². The van der Waals surface area contributed by atoms with Gasteiger partial charge >= 0.3 is 0 Å². The fourth-order valence-electron chi connectivity index (χ4n) is 3.04. The van der Waals surface area contributed by atoms with Gasteiger partial charge in [-0.05, 0) is 49.4 Å². The number of rotatable bonds is 6. The van der Waals surface area contributed by atoms with Gasteiger partial charge in [0.1, 0.15) is 5.75 Å². The summed E-state index contributed by atoms with van der Waals surface area (Å²) in [5.41, 5.74) is 5.08. The topological polar surface area (TPSA) is 76.1 Å². The average molecular weight is 410 g/mol. The largest absolute Gasteiger partial charge is 0.497 e. The van der Waals surface area contributed by atoms with Gasteiger partial charge in [0.25, 0.3) is 5.91 Å². The third kappa shape index (κ3) is 5.05. The highest BCUT2D eigenvalue weighted by atomic mass is 16.5. The molecule has 154 valence electrons. The van der Waals surface area contributed by atoms with E-state index < -0.39 is 0 Å². The molecule has 0 radical (unpaired) electrons. The Kier molecular flexibility index (Phi) is 5.89. The number of benzene rings is 3. The molecule has 0 atom stereocenters. The lowest BCUT2D eigenvalue weighted by molar-refractivity contribution is 0.102. The van der Waals surface area contributed by atoms with Crippen molar-refractivity contribution in [2.45, 2.75) is 6.92 Å². The molecule has 0 aliphatic rings. The molecule has 1 aromatic heterocycles. The second kappa shape index (κ2) is 9.09. The zero-order valence-corrected chi connectivity index (χ0v) is 17.3. The smallest absolute Gasteiger partial charge is 0.255 e. The number of carbonyl (C=O) groups is 1. The number of aryl methyl sites for hydroxylation is 1. The van der Waals surface area contributed by atoms with Crippen LogP contribution in [-0.2, 0) is 0 Å². The van der Waals surface area contributed by atoms with E-state index in [1.807, 2.05) is 48.5 Å². The third-order valence-corrected chi connectivity index (χ3v) is 4.73. The highest BCUT2D eigenvalue weighted by Crippen LogP contribution is 2.21. The van der Waals surface area contributed by atoms with E-state index in [9.17, 15) is 4.79 Å². The van der Waals surface area contributed by atoms with Crippen LogP contribution in [-0.4, -0.2) is 23.0 Å². The lowest BCUT2D eigenvalue weighted by Gasteiger charge is -2.09. The fraction of sp³-hybridized carbons (Fsp3) is 0.0800. The number of hydrogen-bond acceptors (Lipinski definition) is 5. The molecule has 4 rings (SSSR count). The maximum absolute atomic E-state index is 12.5. The first-order valence-corrected chi connectivity index (χ1v) is 9.83. The van der Waals surface area contributed by atoms with Crippen molar-refractivity contribution in [3.63, 3.8) is 0 Å². The van der Waals surface area contributed by atoms with Crippen LogP contribution in [0, 0.1) is 6.92 Å². The molecule has 0 bridgehead atoms. The highest BCUT2D eigenvalue weighted by Gasteiger charge is 2.08. The maximum atomic E-state index is 12.5. The summed E-state index contributed by atoms with van der Waals surface area (Å²) in [6.07, 6.45) is 1.72. The summed E-state index contributed by atoms with van der Waals surface area (Å²) in [4.78, 5) is 21.4. The highest BCUT2D eigenvalue weighted by molar-refractivity contribution is 6.04. The molecule has 2 N–H and O–H groups in total. The van der Waals surface area contributed by atoms with Crippen LogP contribution in [0.3, 0.4) is 0 Å². The Bertz CT molecular complexity index is 1190. The molecule has 4 aromatic rings. The zero-order chi connectivity index (χ0) is 21.6. The number of ether oxygens (including phenoxy) is 1. The molecule has 1 amide bonds. The number of nitrogens with one attached hydrogen (secondary N) is 2. The standard InChI is InChI=1S/C25H22N4O2/c1-17-6-8-18(9-7-17)23-14-15-26-25(29-23)28-20-12-10-19(11-13-20)24(30)27-21-4-3-5-22(16-21)31-2/h3-16H,1-2H3,(H,27,30)(H,26,28,29). The molecule has 3 aromatic carbocycles. The van der Waals surface area contributed by atoms with Crippen molar-refractivity contribution in [3.05, 3.63) is 96.2 Å². The van der Waals surface area contributed by atoms with Crippen molar-refractivity contribution in [1.29, 1.82) is 0 Å². The molecule has 1 heterocycles. The normalized spacial score (nSPS) is 10.4. The molecule has 0 saturated heterocycles. The van der Waals surface area contributed by atoms with Gasteiger partial charge in [0.2, 0.25) is 5.95 Å². The average Bonchev–Trinajstić information content (AvgIpc) is 2.80. The predicted octanol–water partition coefficient (Wildman–Crippen LogP) is 5.46. The second-order valence-corrected chi connectivity index (χ2v) is 7.02. The summed E-state index contributed by atoms with van der Waals surface area (Å²) in [5, 5.41) is 6.05. The second-order valence-electron chi connectivity index (χ2n) is 7.02. The van der Waals surface area contributed by atoms with E-state index in [0.29, 0.717) is 22.9 Å². The van der Waals surface area contributed by atoms with E-state index in [2.05, 4.69) is 39.7 Å². The van der Waals surface area contributed by atoms with Gasteiger partial charge in [-0.15, -0.1) is 0 Å². The lowest BCUT2D eigenvalue weighted by Crippen LogP contribution is -2.11. The summed E-state index contributed by atoms with van der Waals surface area (Å²) in [5.74, 6) is 0.981. The van der Waals surface area contributed by atoms with Crippen LogP contribution in [0.5, 0.6) is 5.75 Å². The Morgan fingerprint density at radius 2 is 1.68 bits per heavy atom. The minimum atomic E-state index is -0.197. The van der Waals surface area contributed by atoms with E-state index in [4.69, 9.17) is 4.74 Å². The van der Waals surface area contributed by atoms with Gasteiger partial charge in [0.05, 0.1) is 12.8 Å². The summed E-state index contributed by atoms with van der Waals surface area (Å²) < 4.78 is 5.18. The van der Waals surface area contributed by atoms with Crippen LogP contribution >= 0.6 is 0 Å². The van der Waals surface area contributed by atoms with Crippen molar-refractivity contribution in [3.8, 4) is 17.0 Å². The molecule has 6 heteroatoms. The number of anilines is 3. The molecule has 0 aliphatic heterocycles. The Morgan fingerprint density at radius 1 is 0.903 bits per heavy atom. The van der Waals surface area contributed by atoms with E-state index in [1.165, 1.54) is 5.56 Å². The van der Waals surface area contributed by atoms with E-state index in [0.717, 1.165) is 16.9 Å². The van der Waals surface area contributed by atoms with Gasteiger partial charge in [-0.1, -0.05) is 35.9 Å². The molecule has 0 spiro atoms. The van der Waals surface area contributed by atoms with Gasteiger partial charge in [0.15, 0.2) is 0 Å². The number of amides is 1. The molecular weight excluding hydrogens is 388 g/mol. The first kappa shape index (κ1) is 20.1. The monoisotopic (exact) mass is 410 g/mol. The van der Waals surface area contributed by atoms with Crippen molar-refractivity contribution in [2.75, 3.05) is 17.7 Å². The third-order valence-electron chi connectivity index (χ3n) is 4.73. The van der Waals surface area contributed by atoms with E-state index >= 15 is 0 Å². The lowest BCUT2D eigenvalue weighted by atomic mass is 10.1.